The van der Waals surface area contributed by atoms with Crippen molar-refractivity contribution in [1.82, 2.24) is 16.0 Å². The van der Waals surface area contributed by atoms with Crippen molar-refractivity contribution in [2.75, 3.05) is 19.6 Å². The van der Waals surface area contributed by atoms with E-state index in [0.29, 0.717) is 18.9 Å². The molecule has 1 saturated heterocycles. The molecule has 0 aromatic rings. The summed E-state index contributed by atoms with van der Waals surface area (Å²) in [6.07, 6.45) is 8.52. The van der Waals surface area contributed by atoms with Crippen molar-refractivity contribution < 1.29 is 9.59 Å². The van der Waals surface area contributed by atoms with Gasteiger partial charge in [-0.3, -0.25) is 9.59 Å². The smallest absolute Gasteiger partial charge is 0.234 e. The van der Waals surface area contributed by atoms with Crippen LogP contribution in [-0.2, 0) is 9.59 Å². The second-order valence-corrected chi connectivity index (χ2v) is 8.48. The SMILES string of the molecule is CC(C)C.N#C[C@H](CC1CCCNC1=O)NC(=O)CNCC1CCCCC1. The van der Waals surface area contributed by atoms with Crippen LogP contribution in [0.25, 0.3) is 0 Å². The molecule has 0 aromatic carbocycles. The third-order valence-corrected chi connectivity index (χ3v) is 4.85. The van der Waals surface area contributed by atoms with Crippen LogP contribution >= 0.6 is 0 Å². The molecule has 2 rings (SSSR count). The topological polar surface area (TPSA) is 94.0 Å². The summed E-state index contributed by atoms with van der Waals surface area (Å²) in [4.78, 5) is 23.7. The molecule has 6 heteroatoms. The van der Waals surface area contributed by atoms with Crippen molar-refractivity contribution in [3.8, 4) is 6.07 Å². The minimum atomic E-state index is -0.590. The predicted molar refractivity (Wildman–Crippen MR) is 108 cm³/mol. The zero-order valence-corrected chi connectivity index (χ0v) is 17.4. The van der Waals surface area contributed by atoms with Crippen molar-refractivity contribution in [3.05, 3.63) is 0 Å². The first-order valence-corrected chi connectivity index (χ1v) is 10.6. The van der Waals surface area contributed by atoms with Crippen LogP contribution in [0.3, 0.4) is 0 Å². The highest BCUT2D eigenvalue weighted by molar-refractivity contribution is 5.80. The Labute approximate surface area is 164 Å². The van der Waals surface area contributed by atoms with Crippen LogP contribution in [0.5, 0.6) is 0 Å². The highest BCUT2D eigenvalue weighted by Crippen LogP contribution is 2.22. The molecule has 27 heavy (non-hydrogen) atoms. The number of hydrogen-bond donors (Lipinski definition) is 3. The fourth-order valence-corrected chi connectivity index (χ4v) is 3.52. The lowest BCUT2D eigenvalue weighted by Crippen LogP contribution is -2.44. The van der Waals surface area contributed by atoms with E-state index < -0.39 is 6.04 Å². The number of nitrogens with zero attached hydrogens (tertiary/aromatic N) is 1. The molecule has 2 aliphatic rings. The molecular weight excluding hydrogens is 340 g/mol. The number of nitriles is 1. The predicted octanol–water partition coefficient (Wildman–Crippen LogP) is 2.74. The minimum absolute atomic E-state index is 0.00109. The van der Waals surface area contributed by atoms with Gasteiger partial charge in [0.25, 0.3) is 0 Å². The van der Waals surface area contributed by atoms with Crippen molar-refractivity contribution in [2.24, 2.45) is 17.8 Å². The van der Waals surface area contributed by atoms with E-state index in [0.717, 1.165) is 25.3 Å². The van der Waals surface area contributed by atoms with E-state index >= 15 is 0 Å². The molecule has 1 heterocycles. The average Bonchev–Trinajstić information content (AvgIpc) is 2.63. The lowest BCUT2D eigenvalue weighted by Gasteiger charge is -2.24. The summed E-state index contributed by atoms with van der Waals surface area (Å²) in [6, 6.07) is 1.51. The highest BCUT2D eigenvalue weighted by atomic mass is 16.2. The summed E-state index contributed by atoms with van der Waals surface area (Å²) in [6.45, 7) is 8.32. The molecule has 1 saturated carbocycles. The van der Waals surface area contributed by atoms with E-state index in [9.17, 15) is 14.9 Å². The van der Waals surface area contributed by atoms with Gasteiger partial charge in [-0.1, -0.05) is 40.0 Å². The molecule has 0 bridgehead atoms. The standard InChI is InChI=1S/C17H28N4O2.C4H10/c18-10-15(9-14-7-4-8-20-17(14)23)21-16(22)12-19-11-13-5-2-1-3-6-13;1-4(2)3/h13-15,19H,1-9,11-12H2,(H,20,23)(H,21,22);4H,1-3H3/t14?,15-;/m0./s1. The van der Waals surface area contributed by atoms with Crippen LogP contribution in [0.15, 0.2) is 0 Å². The fraction of sp³-hybridized carbons (Fsp3) is 0.857. The quantitative estimate of drug-likeness (QED) is 0.635. The maximum absolute atomic E-state index is 12.0. The normalized spacial score (nSPS) is 21.4. The number of amides is 2. The van der Waals surface area contributed by atoms with Crippen molar-refractivity contribution >= 4 is 11.8 Å². The number of carbonyl (C=O) groups excluding carboxylic acids is 2. The number of carbonyl (C=O) groups is 2. The van der Waals surface area contributed by atoms with Crippen LogP contribution in [0.2, 0.25) is 0 Å². The van der Waals surface area contributed by atoms with E-state index in [1.165, 1.54) is 32.1 Å². The molecule has 3 N–H and O–H groups in total. The van der Waals surface area contributed by atoms with Gasteiger partial charge in [0.2, 0.25) is 11.8 Å². The molecule has 1 unspecified atom stereocenters. The summed E-state index contributed by atoms with van der Waals surface area (Å²) < 4.78 is 0. The first-order valence-electron chi connectivity index (χ1n) is 10.6. The Bertz CT molecular complexity index is 478. The number of rotatable bonds is 7. The molecule has 1 aliphatic carbocycles. The van der Waals surface area contributed by atoms with Gasteiger partial charge < -0.3 is 16.0 Å². The Morgan fingerprint density at radius 3 is 2.44 bits per heavy atom. The number of hydrogen-bond acceptors (Lipinski definition) is 4. The molecule has 6 nitrogen and oxygen atoms in total. The third-order valence-electron chi connectivity index (χ3n) is 4.85. The monoisotopic (exact) mass is 378 g/mol. The third kappa shape index (κ3) is 11.0. The summed E-state index contributed by atoms with van der Waals surface area (Å²) in [5, 5.41) is 17.9. The fourth-order valence-electron chi connectivity index (χ4n) is 3.52. The molecule has 2 amide bonds. The van der Waals surface area contributed by atoms with Crippen LogP contribution < -0.4 is 16.0 Å². The van der Waals surface area contributed by atoms with Gasteiger partial charge in [-0.05, 0) is 50.5 Å². The highest BCUT2D eigenvalue weighted by Gasteiger charge is 2.26. The molecule has 2 atom stereocenters. The van der Waals surface area contributed by atoms with Crippen LogP contribution in [0.4, 0.5) is 0 Å². The van der Waals surface area contributed by atoms with Gasteiger partial charge in [-0.15, -0.1) is 0 Å². The molecule has 2 fully saturated rings. The second-order valence-electron chi connectivity index (χ2n) is 8.48. The van der Waals surface area contributed by atoms with Gasteiger partial charge in [-0.2, -0.15) is 5.26 Å². The van der Waals surface area contributed by atoms with E-state index in [2.05, 4.69) is 42.8 Å². The van der Waals surface area contributed by atoms with E-state index in [4.69, 9.17) is 0 Å². The van der Waals surface area contributed by atoms with E-state index in [1.54, 1.807) is 0 Å². The Morgan fingerprint density at radius 2 is 1.85 bits per heavy atom. The van der Waals surface area contributed by atoms with E-state index in [1.807, 2.05) is 0 Å². The zero-order chi connectivity index (χ0) is 20.1. The van der Waals surface area contributed by atoms with Gasteiger partial charge in [0.15, 0.2) is 0 Å². The molecular formula is C21H38N4O2. The Kier molecular flexibility index (Phi) is 11.8. The Balaban J connectivity index is 0.000000828. The number of nitrogens with one attached hydrogen (secondary N) is 3. The maximum Gasteiger partial charge on any atom is 0.234 e. The minimum Gasteiger partial charge on any atom is -0.356 e. The van der Waals surface area contributed by atoms with Crippen LogP contribution in [-0.4, -0.2) is 37.5 Å². The van der Waals surface area contributed by atoms with Gasteiger partial charge in [0.1, 0.15) is 6.04 Å². The first kappa shape index (κ1) is 23.4. The first-order chi connectivity index (χ1) is 12.9. The summed E-state index contributed by atoms with van der Waals surface area (Å²) >= 11 is 0. The second kappa shape index (κ2) is 13.5. The van der Waals surface area contributed by atoms with E-state index in [-0.39, 0.29) is 24.3 Å². The van der Waals surface area contributed by atoms with Gasteiger partial charge >= 0.3 is 0 Å². The Morgan fingerprint density at radius 1 is 1.19 bits per heavy atom. The molecule has 0 aromatic heterocycles. The maximum atomic E-state index is 12.0. The summed E-state index contributed by atoms with van der Waals surface area (Å²) in [7, 11) is 0. The van der Waals surface area contributed by atoms with Crippen molar-refractivity contribution in [3.63, 3.8) is 0 Å². The van der Waals surface area contributed by atoms with Crippen molar-refractivity contribution in [1.29, 1.82) is 5.26 Å². The molecule has 0 radical (unpaired) electrons. The van der Waals surface area contributed by atoms with Crippen LogP contribution in [0.1, 0.15) is 72.1 Å². The Hall–Kier alpha value is -1.61. The van der Waals surface area contributed by atoms with Crippen LogP contribution in [0, 0.1) is 29.1 Å². The largest absolute Gasteiger partial charge is 0.356 e. The summed E-state index contributed by atoms with van der Waals surface area (Å²) in [5.74, 6) is 1.18. The number of piperidine rings is 1. The molecule has 1 aliphatic heterocycles. The van der Waals surface area contributed by atoms with Crippen molar-refractivity contribution in [2.45, 2.75) is 78.2 Å². The summed E-state index contributed by atoms with van der Waals surface area (Å²) in [5.41, 5.74) is 0. The lowest BCUT2D eigenvalue weighted by molar-refractivity contribution is -0.127. The zero-order valence-electron chi connectivity index (χ0n) is 17.4. The lowest BCUT2D eigenvalue weighted by atomic mass is 9.89. The van der Waals surface area contributed by atoms with Gasteiger partial charge in [0, 0.05) is 12.5 Å². The average molecular weight is 379 g/mol. The van der Waals surface area contributed by atoms with Gasteiger partial charge in [-0.25, -0.2) is 0 Å². The molecule has 154 valence electrons. The molecule has 0 spiro atoms. The van der Waals surface area contributed by atoms with Gasteiger partial charge in [0.05, 0.1) is 12.6 Å².